The molecule has 0 fully saturated rings. The highest BCUT2D eigenvalue weighted by Crippen LogP contribution is 2.40. The fourth-order valence-corrected chi connectivity index (χ4v) is 4.92. The van der Waals surface area contributed by atoms with Crippen LogP contribution in [0.4, 0.5) is 11.4 Å². The summed E-state index contributed by atoms with van der Waals surface area (Å²) in [6.07, 6.45) is 0. The lowest BCUT2D eigenvalue weighted by Crippen LogP contribution is -2.46. The van der Waals surface area contributed by atoms with Crippen LogP contribution < -0.4 is 9.80 Å². The van der Waals surface area contributed by atoms with Crippen LogP contribution in [-0.2, 0) is 17.8 Å². The monoisotopic (exact) mass is 426 g/mol. The van der Waals surface area contributed by atoms with Crippen LogP contribution >= 0.6 is 0 Å². The maximum Gasteiger partial charge on any atom is 0.339 e. The van der Waals surface area contributed by atoms with Gasteiger partial charge in [0.25, 0.3) is 0 Å². The van der Waals surface area contributed by atoms with Gasteiger partial charge in [0.2, 0.25) is 0 Å². The summed E-state index contributed by atoms with van der Waals surface area (Å²) in [5.41, 5.74) is 9.78. The Bertz CT molecular complexity index is 1220. The number of benzene rings is 3. The van der Waals surface area contributed by atoms with Crippen molar-refractivity contribution < 1.29 is 9.53 Å². The van der Waals surface area contributed by atoms with E-state index in [1.807, 2.05) is 32.9 Å². The fourth-order valence-electron chi connectivity index (χ4n) is 4.92. The number of hydrogen-bond donors (Lipinski definition) is 0. The molecular weight excluding hydrogens is 396 g/mol. The molecule has 0 N–H and O–H groups in total. The van der Waals surface area contributed by atoms with Gasteiger partial charge < -0.3 is 14.5 Å². The van der Waals surface area contributed by atoms with Crippen LogP contribution in [0.2, 0.25) is 0 Å². The second-order valence-electron chi connectivity index (χ2n) is 10.0. The van der Waals surface area contributed by atoms with E-state index in [1.54, 1.807) is 0 Å². The van der Waals surface area contributed by atoms with E-state index in [-0.39, 0.29) is 5.97 Å². The Morgan fingerprint density at radius 3 is 2.22 bits per heavy atom. The van der Waals surface area contributed by atoms with Gasteiger partial charge in [-0.05, 0) is 86.7 Å². The molecule has 0 aliphatic carbocycles. The number of carbonyl (C=O) groups excluding carboxylic acids is 1. The molecule has 2 bridgehead atoms. The van der Waals surface area contributed by atoms with E-state index < -0.39 is 5.60 Å². The first-order chi connectivity index (χ1) is 15.2. The van der Waals surface area contributed by atoms with Crippen molar-refractivity contribution in [3.8, 4) is 11.1 Å². The van der Waals surface area contributed by atoms with Gasteiger partial charge in [-0.3, -0.25) is 0 Å². The molecule has 0 radical (unpaired) electrons. The zero-order valence-electron chi connectivity index (χ0n) is 19.5. The van der Waals surface area contributed by atoms with Crippen molar-refractivity contribution in [1.82, 2.24) is 0 Å². The maximum atomic E-state index is 13.0. The topological polar surface area (TPSA) is 32.8 Å². The lowest BCUT2D eigenvalue weighted by atomic mass is 9.92. The van der Waals surface area contributed by atoms with Crippen molar-refractivity contribution in [3.05, 3.63) is 82.4 Å². The molecule has 32 heavy (non-hydrogen) atoms. The van der Waals surface area contributed by atoms with Crippen molar-refractivity contribution in [1.29, 1.82) is 0 Å². The van der Waals surface area contributed by atoms with E-state index in [4.69, 9.17) is 4.74 Å². The second kappa shape index (κ2) is 7.40. The van der Waals surface area contributed by atoms with Crippen molar-refractivity contribution in [2.45, 2.75) is 53.3 Å². The molecule has 2 heterocycles. The zero-order chi connectivity index (χ0) is 22.6. The van der Waals surface area contributed by atoms with Gasteiger partial charge >= 0.3 is 5.97 Å². The average Bonchev–Trinajstić information content (AvgIpc) is 2.71. The van der Waals surface area contributed by atoms with Gasteiger partial charge in [-0.1, -0.05) is 35.9 Å². The molecule has 0 amide bonds. The molecule has 0 spiro atoms. The van der Waals surface area contributed by atoms with Gasteiger partial charge in [0.15, 0.2) is 0 Å². The number of fused-ring (bicyclic) bond motifs is 6. The maximum absolute atomic E-state index is 13.0. The number of aryl methyl sites for hydroxylation is 2. The summed E-state index contributed by atoms with van der Waals surface area (Å²) in [6.45, 7) is 12.6. The largest absolute Gasteiger partial charge is 0.456 e. The van der Waals surface area contributed by atoms with Gasteiger partial charge in [0, 0.05) is 24.5 Å². The summed E-state index contributed by atoms with van der Waals surface area (Å²) >= 11 is 0. The van der Waals surface area contributed by atoms with E-state index in [0.717, 1.165) is 36.4 Å². The summed E-state index contributed by atoms with van der Waals surface area (Å²) in [5, 5.41) is 0. The van der Waals surface area contributed by atoms with Crippen LogP contribution in [0.15, 0.2) is 54.6 Å². The number of esters is 1. The summed E-state index contributed by atoms with van der Waals surface area (Å²) in [5.74, 6) is -0.275. The van der Waals surface area contributed by atoms with Crippen molar-refractivity contribution >= 4 is 17.3 Å². The van der Waals surface area contributed by atoms with Gasteiger partial charge in [-0.15, -0.1) is 0 Å². The minimum Gasteiger partial charge on any atom is -0.456 e. The normalized spacial score (nSPS) is 14.7. The summed E-state index contributed by atoms with van der Waals surface area (Å²) in [7, 11) is 0. The summed E-state index contributed by atoms with van der Waals surface area (Å²) < 4.78 is 5.71. The first-order valence-corrected chi connectivity index (χ1v) is 11.3. The van der Waals surface area contributed by atoms with Crippen molar-refractivity contribution in [2.75, 3.05) is 16.5 Å². The third kappa shape index (κ3) is 3.64. The molecule has 0 saturated carbocycles. The van der Waals surface area contributed by atoms with Gasteiger partial charge in [0.1, 0.15) is 5.60 Å². The number of nitrogens with zero attached hydrogens (tertiary/aromatic N) is 2. The standard InChI is InChI=1S/C28H30N2O2/c1-18-9-11-24-21(13-18)15-29-17-30(24)16-22-14-20(10-12-25(22)29)26-19(2)7-6-8-23(26)27(31)32-28(3,4)5/h6-14H,15-17H2,1-5H3. The van der Waals surface area contributed by atoms with E-state index in [2.05, 4.69) is 66.1 Å². The second-order valence-corrected chi connectivity index (χ2v) is 10.0. The van der Waals surface area contributed by atoms with Crippen LogP contribution in [-0.4, -0.2) is 18.2 Å². The smallest absolute Gasteiger partial charge is 0.339 e. The van der Waals surface area contributed by atoms with E-state index in [1.165, 1.54) is 28.1 Å². The van der Waals surface area contributed by atoms with Crippen LogP contribution in [0.5, 0.6) is 0 Å². The molecule has 0 atom stereocenters. The Morgan fingerprint density at radius 1 is 0.875 bits per heavy atom. The minimum absolute atomic E-state index is 0.275. The lowest BCUT2D eigenvalue weighted by molar-refractivity contribution is 0.00703. The van der Waals surface area contributed by atoms with Crippen molar-refractivity contribution in [3.63, 3.8) is 0 Å². The Kier molecular flexibility index (Phi) is 4.77. The summed E-state index contributed by atoms with van der Waals surface area (Å²) in [6, 6.07) is 19.2. The quantitative estimate of drug-likeness (QED) is 0.455. The molecule has 5 rings (SSSR count). The van der Waals surface area contributed by atoms with Crippen LogP contribution in [0.25, 0.3) is 11.1 Å². The Balaban J connectivity index is 1.55. The first kappa shape index (κ1) is 20.6. The number of rotatable bonds is 2. The van der Waals surface area contributed by atoms with Crippen molar-refractivity contribution in [2.24, 2.45) is 0 Å². The van der Waals surface area contributed by atoms with Gasteiger partial charge in [-0.25, -0.2) is 4.79 Å². The predicted molar refractivity (Wildman–Crippen MR) is 130 cm³/mol. The number of anilines is 2. The zero-order valence-corrected chi connectivity index (χ0v) is 19.5. The molecule has 3 aromatic rings. The SMILES string of the molecule is Cc1ccc2c(c1)CN1CN2Cc2cc(-c3c(C)cccc3C(=O)OC(C)(C)C)ccc21. The number of ether oxygens (including phenoxy) is 1. The fraction of sp³-hybridized carbons (Fsp3) is 0.321. The number of carbonyl (C=O) groups is 1. The summed E-state index contributed by atoms with van der Waals surface area (Å²) in [4.78, 5) is 17.9. The molecule has 2 aliphatic heterocycles. The number of hydrogen-bond acceptors (Lipinski definition) is 4. The highest BCUT2D eigenvalue weighted by atomic mass is 16.6. The van der Waals surface area contributed by atoms with Crippen LogP contribution in [0.1, 0.15) is 53.4 Å². The lowest BCUT2D eigenvalue weighted by Gasteiger charge is -2.45. The van der Waals surface area contributed by atoms with Crippen LogP contribution in [0, 0.1) is 13.8 Å². The van der Waals surface area contributed by atoms with E-state index in [9.17, 15) is 4.79 Å². The predicted octanol–water partition coefficient (Wildman–Crippen LogP) is 6.22. The minimum atomic E-state index is -0.530. The molecule has 4 heteroatoms. The average molecular weight is 427 g/mol. The molecule has 0 aromatic heterocycles. The molecule has 0 saturated heterocycles. The highest BCUT2D eigenvalue weighted by Gasteiger charge is 2.30. The van der Waals surface area contributed by atoms with E-state index in [0.29, 0.717) is 5.56 Å². The molecule has 2 aliphatic rings. The van der Waals surface area contributed by atoms with E-state index >= 15 is 0 Å². The Morgan fingerprint density at radius 2 is 1.53 bits per heavy atom. The van der Waals surface area contributed by atoms with Crippen LogP contribution in [0.3, 0.4) is 0 Å². The molecular formula is C28H30N2O2. The molecule has 164 valence electrons. The third-order valence-electron chi connectivity index (χ3n) is 6.24. The van der Waals surface area contributed by atoms with Gasteiger partial charge in [-0.2, -0.15) is 0 Å². The Hall–Kier alpha value is -3.27. The molecule has 0 unspecified atom stereocenters. The Labute approximate surface area is 190 Å². The molecule has 3 aromatic carbocycles. The molecule has 4 nitrogen and oxygen atoms in total. The first-order valence-electron chi connectivity index (χ1n) is 11.3. The highest BCUT2D eigenvalue weighted by molar-refractivity contribution is 5.98. The third-order valence-corrected chi connectivity index (χ3v) is 6.24. The van der Waals surface area contributed by atoms with Gasteiger partial charge in [0.05, 0.1) is 12.2 Å².